The highest BCUT2D eigenvalue weighted by atomic mass is 15.4. The maximum atomic E-state index is 5.75. The van der Waals surface area contributed by atoms with E-state index in [1.165, 1.54) is 17.3 Å². The Bertz CT molecular complexity index is 733. The number of nitrogens with zero attached hydrogens (tertiary/aromatic N) is 7. The first-order chi connectivity index (χ1) is 10.1. The molecule has 1 aromatic carbocycles. The van der Waals surface area contributed by atoms with Crippen LogP contribution in [0.2, 0.25) is 0 Å². The number of rotatable bonds is 3. The zero-order valence-corrected chi connectivity index (χ0v) is 11.7. The van der Waals surface area contributed by atoms with Crippen LogP contribution in [-0.2, 0) is 0 Å². The second-order valence-electron chi connectivity index (χ2n) is 4.60. The van der Waals surface area contributed by atoms with Crippen LogP contribution < -0.4 is 10.6 Å². The third-order valence-electron chi connectivity index (χ3n) is 2.91. The van der Waals surface area contributed by atoms with Crippen LogP contribution >= 0.6 is 0 Å². The second-order valence-corrected chi connectivity index (χ2v) is 4.60. The van der Waals surface area contributed by atoms with Crippen molar-refractivity contribution in [2.24, 2.45) is 0 Å². The molecule has 0 unspecified atom stereocenters. The van der Waals surface area contributed by atoms with Gasteiger partial charge in [0, 0.05) is 25.3 Å². The van der Waals surface area contributed by atoms with Gasteiger partial charge in [-0.25, -0.2) is 4.98 Å². The topological polar surface area (TPSA) is 98.6 Å². The Hall–Kier alpha value is -3.03. The van der Waals surface area contributed by atoms with E-state index < -0.39 is 0 Å². The summed E-state index contributed by atoms with van der Waals surface area (Å²) in [5, 5.41) is 3.99. The highest BCUT2D eigenvalue weighted by molar-refractivity contribution is 5.61. The molecule has 8 heteroatoms. The van der Waals surface area contributed by atoms with Crippen molar-refractivity contribution in [3.63, 3.8) is 0 Å². The van der Waals surface area contributed by atoms with Crippen molar-refractivity contribution in [1.29, 1.82) is 0 Å². The van der Waals surface area contributed by atoms with Crippen molar-refractivity contribution < 1.29 is 0 Å². The summed E-state index contributed by atoms with van der Waals surface area (Å²) in [6, 6.07) is 7.86. The zero-order chi connectivity index (χ0) is 14.8. The Morgan fingerprint density at radius 1 is 1.05 bits per heavy atom. The molecule has 0 radical (unpaired) electrons. The van der Waals surface area contributed by atoms with Crippen molar-refractivity contribution in [3.8, 4) is 17.3 Å². The van der Waals surface area contributed by atoms with E-state index >= 15 is 0 Å². The summed E-state index contributed by atoms with van der Waals surface area (Å²) in [5.41, 5.74) is 7.70. The van der Waals surface area contributed by atoms with Crippen LogP contribution in [0.5, 0.6) is 0 Å². The molecule has 0 saturated carbocycles. The fourth-order valence-electron chi connectivity index (χ4n) is 1.83. The first kappa shape index (κ1) is 13.0. The normalized spacial score (nSPS) is 10.6. The molecular weight excluding hydrogens is 268 g/mol. The molecule has 0 saturated heterocycles. The van der Waals surface area contributed by atoms with Crippen LogP contribution in [0, 0.1) is 0 Å². The zero-order valence-electron chi connectivity index (χ0n) is 11.7. The Balaban J connectivity index is 2.02. The lowest BCUT2D eigenvalue weighted by Crippen LogP contribution is -2.09. The molecule has 0 aliphatic heterocycles. The van der Waals surface area contributed by atoms with Crippen molar-refractivity contribution in [2.45, 2.75) is 0 Å². The van der Waals surface area contributed by atoms with E-state index in [1.54, 1.807) is 0 Å². The average Bonchev–Trinajstić information content (AvgIpc) is 3.01. The minimum absolute atomic E-state index is 0.141. The predicted octanol–water partition coefficient (Wildman–Crippen LogP) is 0.767. The molecule has 3 aromatic rings. The van der Waals surface area contributed by atoms with Crippen LogP contribution in [0.25, 0.3) is 17.3 Å². The second kappa shape index (κ2) is 5.16. The molecule has 21 heavy (non-hydrogen) atoms. The van der Waals surface area contributed by atoms with Crippen molar-refractivity contribution >= 4 is 11.6 Å². The molecule has 2 aromatic heterocycles. The van der Waals surface area contributed by atoms with E-state index in [1.807, 2.05) is 43.3 Å². The lowest BCUT2D eigenvalue weighted by molar-refractivity contribution is 0.800. The van der Waals surface area contributed by atoms with Gasteiger partial charge in [0.15, 0.2) is 5.82 Å². The first-order valence-corrected chi connectivity index (χ1v) is 6.28. The molecule has 3 rings (SSSR count). The molecule has 0 bridgehead atoms. The molecule has 2 heterocycles. The fourth-order valence-corrected chi connectivity index (χ4v) is 1.83. The number of anilines is 2. The summed E-state index contributed by atoms with van der Waals surface area (Å²) in [5.74, 6) is 0.979. The Morgan fingerprint density at radius 2 is 1.81 bits per heavy atom. The summed E-state index contributed by atoms with van der Waals surface area (Å²) < 4.78 is 1.44. The van der Waals surface area contributed by atoms with Gasteiger partial charge < -0.3 is 10.6 Å². The predicted molar refractivity (Wildman–Crippen MR) is 78.9 cm³/mol. The van der Waals surface area contributed by atoms with Crippen molar-refractivity contribution in [2.75, 3.05) is 24.7 Å². The van der Waals surface area contributed by atoms with Gasteiger partial charge >= 0.3 is 0 Å². The van der Waals surface area contributed by atoms with Gasteiger partial charge in [-0.05, 0) is 24.3 Å². The number of nitrogen functional groups attached to an aromatic ring is 1. The Kier molecular flexibility index (Phi) is 3.19. The lowest BCUT2D eigenvalue weighted by atomic mass is 10.2. The van der Waals surface area contributed by atoms with Gasteiger partial charge in [0.05, 0.1) is 0 Å². The highest BCUT2D eigenvalue weighted by Gasteiger charge is 2.09. The molecule has 0 aliphatic rings. The molecule has 8 nitrogen and oxygen atoms in total. The largest absolute Gasteiger partial charge is 0.378 e. The standard InChI is InChI=1S/C13H14N8/c1-20(2)10-5-3-9(4-6-10)11-17-12(14)19-13(18-11)21-8-15-7-16-21/h3-8H,1-2H3,(H2,14,17,18,19). The first-order valence-electron chi connectivity index (χ1n) is 6.28. The lowest BCUT2D eigenvalue weighted by Gasteiger charge is -2.12. The van der Waals surface area contributed by atoms with E-state index in [9.17, 15) is 0 Å². The minimum Gasteiger partial charge on any atom is -0.378 e. The van der Waals surface area contributed by atoms with E-state index in [0.717, 1.165) is 11.3 Å². The van der Waals surface area contributed by atoms with E-state index in [-0.39, 0.29) is 5.95 Å². The molecule has 0 spiro atoms. The van der Waals surface area contributed by atoms with Crippen LogP contribution in [0.1, 0.15) is 0 Å². The molecule has 0 amide bonds. The monoisotopic (exact) mass is 282 g/mol. The van der Waals surface area contributed by atoms with E-state index in [2.05, 4.69) is 25.0 Å². The molecule has 0 fully saturated rings. The number of aromatic nitrogens is 6. The smallest absolute Gasteiger partial charge is 0.257 e. The van der Waals surface area contributed by atoms with Gasteiger partial charge in [0.1, 0.15) is 12.7 Å². The molecule has 106 valence electrons. The van der Waals surface area contributed by atoms with Crippen LogP contribution in [0.3, 0.4) is 0 Å². The van der Waals surface area contributed by atoms with Crippen LogP contribution in [0.4, 0.5) is 11.6 Å². The van der Waals surface area contributed by atoms with E-state index in [0.29, 0.717) is 11.8 Å². The highest BCUT2D eigenvalue weighted by Crippen LogP contribution is 2.20. The SMILES string of the molecule is CN(C)c1ccc(-c2nc(N)nc(-n3cncn3)n2)cc1. The van der Waals surface area contributed by atoms with Gasteiger partial charge in [0.25, 0.3) is 5.95 Å². The quantitative estimate of drug-likeness (QED) is 0.757. The summed E-state index contributed by atoms with van der Waals surface area (Å²) in [6.07, 6.45) is 2.92. The van der Waals surface area contributed by atoms with Gasteiger partial charge in [0.2, 0.25) is 5.95 Å². The molecule has 0 atom stereocenters. The minimum atomic E-state index is 0.141. The van der Waals surface area contributed by atoms with Gasteiger partial charge in [-0.15, -0.1) is 0 Å². The Labute approximate surface area is 121 Å². The number of hydrogen-bond acceptors (Lipinski definition) is 7. The fraction of sp³-hybridized carbons (Fsp3) is 0.154. The molecule has 2 N–H and O–H groups in total. The molecule has 0 aliphatic carbocycles. The van der Waals surface area contributed by atoms with Crippen LogP contribution in [-0.4, -0.2) is 43.8 Å². The maximum Gasteiger partial charge on any atom is 0.257 e. The summed E-state index contributed by atoms with van der Waals surface area (Å²) in [4.78, 5) is 18.5. The third-order valence-corrected chi connectivity index (χ3v) is 2.91. The van der Waals surface area contributed by atoms with Crippen molar-refractivity contribution in [3.05, 3.63) is 36.9 Å². The number of hydrogen-bond donors (Lipinski definition) is 1. The van der Waals surface area contributed by atoms with Gasteiger partial charge in [-0.2, -0.15) is 24.7 Å². The number of nitrogens with two attached hydrogens (primary N) is 1. The Morgan fingerprint density at radius 3 is 2.43 bits per heavy atom. The van der Waals surface area contributed by atoms with E-state index in [4.69, 9.17) is 5.73 Å². The summed E-state index contributed by atoms with van der Waals surface area (Å²) in [7, 11) is 3.97. The summed E-state index contributed by atoms with van der Waals surface area (Å²) in [6.45, 7) is 0. The summed E-state index contributed by atoms with van der Waals surface area (Å²) >= 11 is 0. The third kappa shape index (κ3) is 2.64. The molecular formula is C13H14N8. The number of benzene rings is 1. The van der Waals surface area contributed by atoms with Crippen LogP contribution in [0.15, 0.2) is 36.9 Å². The maximum absolute atomic E-state index is 5.75. The average molecular weight is 282 g/mol. The van der Waals surface area contributed by atoms with Crippen molar-refractivity contribution in [1.82, 2.24) is 29.7 Å². The van der Waals surface area contributed by atoms with Gasteiger partial charge in [-0.1, -0.05) is 0 Å². The van der Waals surface area contributed by atoms with Gasteiger partial charge in [-0.3, -0.25) is 0 Å².